The Morgan fingerprint density at radius 3 is 2.64 bits per heavy atom. The van der Waals surface area contributed by atoms with Crippen LogP contribution in [0.15, 0.2) is 30.3 Å². The number of hydrogen-bond donors (Lipinski definition) is 1. The number of carbonyl (C=O) groups is 1. The third-order valence-electron chi connectivity index (χ3n) is 5.87. The Kier molecular flexibility index (Phi) is 5.22. The third-order valence-corrected chi connectivity index (χ3v) is 5.87. The standard InChI is InChI=1S/C20H29N3O2/c24-20(23-11-5-10-22(12-13-23)16-6-4-7-16)19-14-18(15-21-19)25-17-8-2-1-3-9-17/h1-3,8-9,16,18-19,21H,4-7,10-15H2/t18-,19-/m1/s1. The monoisotopic (exact) mass is 343 g/mol. The molecule has 1 N–H and O–H groups in total. The van der Waals surface area contributed by atoms with Crippen LogP contribution >= 0.6 is 0 Å². The maximum absolute atomic E-state index is 12.9. The second-order valence-corrected chi connectivity index (χ2v) is 7.55. The highest BCUT2D eigenvalue weighted by molar-refractivity contribution is 5.82. The lowest BCUT2D eigenvalue weighted by Crippen LogP contribution is -2.46. The molecule has 3 aliphatic rings. The van der Waals surface area contributed by atoms with Gasteiger partial charge in [-0.1, -0.05) is 24.6 Å². The molecule has 1 aromatic carbocycles. The third kappa shape index (κ3) is 3.98. The molecule has 5 heteroatoms. The molecule has 0 unspecified atom stereocenters. The molecule has 5 nitrogen and oxygen atoms in total. The molecule has 4 rings (SSSR count). The highest BCUT2D eigenvalue weighted by Gasteiger charge is 2.35. The van der Waals surface area contributed by atoms with Crippen molar-refractivity contribution in [3.63, 3.8) is 0 Å². The van der Waals surface area contributed by atoms with Gasteiger partial charge in [0.1, 0.15) is 11.9 Å². The molecule has 0 spiro atoms. The average molecular weight is 343 g/mol. The minimum Gasteiger partial charge on any atom is -0.489 e. The van der Waals surface area contributed by atoms with Crippen molar-refractivity contribution in [3.05, 3.63) is 30.3 Å². The van der Waals surface area contributed by atoms with E-state index in [9.17, 15) is 4.79 Å². The van der Waals surface area contributed by atoms with E-state index in [1.54, 1.807) is 0 Å². The highest BCUT2D eigenvalue weighted by Crippen LogP contribution is 2.26. The number of nitrogens with one attached hydrogen (secondary N) is 1. The second-order valence-electron chi connectivity index (χ2n) is 7.55. The van der Waals surface area contributed by atoms with Gasteiger partial charge >= 0.3 is 0 Å². The molecule has 2 heterocycles. The number of para-hydroxylation sites is 1. The Hall–Kier alpha value is -1.59. The molecule has 2 atom stereocenters. The van der Waals surface area contributed by atoms with Gasteiger partial charge in [-0.2, -0.15) is 0 Å². The molecule has 3 fully saturated rings. The van der Waals surface area contributed by atoms with Crippen LogP contribution in [0.2, 0.25) is 0 Å². The van der Waals surface area contributed by atoms with Crippen molar-refractivity contribution in [2.45, 2.75) is 50.3 Å². The summed E-state index contributed by atoms with van der Waals surface area (Å²) in [5.41, 5.74) is 0. The lowest BCUT2D eigenvalue weighted by atomic mass is 9.91. The van der Waals surface area contributed by atoms with Crippen LogP contribution in [0.1, 0.15) is 32.1 Å². The van der Waals surface area contributed by atoms with Gasteiger partial charge in [0, 0.05) is 45.2 Å². The summed E-state index contributed by atoms with van der Waals surface area (Å²) in [5.74, 6) is 1.14. The molecule has 136 valence electrons. The summed E-state index contributed by atoms with van der Waals surface area (Å²) in [6, 6.07) is 10.6. The Morgan fingerprint density at radius 1 is 1.04 bits per heavy atom. The van der Waals surface area contributed by atoms with E-state index in [1.165, 1.54) is 19.3 Å². The summed E-state index contributed by atoms with van der Waals surface area (Å²) in [6.07, 6.45) is 6.00. The van der Waals surface area contributed by atoms with Gasteiger partial charge in [0.05, 0.1) is 6.04 Å². The SMILES string of the molecule is O=C([C@H]1C[C@@H](Oc2ccccc2)CN1)N1CCCN(C2CCC2)CC1. The van der Waals surface area contributed by atoms with Gasteiger partial charge in [-0.25, -0.2) is 0 Å². The van der Waals surface area contributed by atoms with Gasteiger partial charge in [0.25, 0.3) is 0 Å². The molecule has 0 aromatic heterocycles. The number of amides is 1. The quantitative estimate of drug-likeness (QED) is 0.907. The van der Waals surface area contributed by atoms with Gasteiger partial charge in [0.15, 0.2) is 0 Å². The van der Waals surface area contributed by atoms with Crippen LogP contribution in [0.4, 0.5) is 0 Å². The number of ether oxygens (including phenoxy) is 1. The van der Waals surface area contributed by atoms with Gasteiger partial charge < -0.3 is 15.0 Å². The largest absolute Gasteiger partial charge is 0.489 e. The van der Waals surface area contributed by atoms with Crippen LogP contribution < -0.4 is 10.1 Å². The Labute approximate surface area is 150 Å². The summed E-state index contributed by atoms with van der Waals surface area (Å²) in [4.78, 5) is 17.6. The zero-order chi connectivity index (χ0) is 17.1. The average Bonchev–Trinajstić information content (AvgIpc) is 2.91. The smallest absolute Gasteiger partial charge is 0.239 e. The summed E-state index contributed by atoms with van der Waals surface area (Å²) in [7, 11) is 0. The van der Waals surface area contributed by atoms with Crippen LogP contribution in [0.5, 0.6) is 5.75 Å². The second kappa shape index (κ2) is 7.75. The van der Waals surface area contributed by atoms with Crippen LogP contribution in [0.3, 0.4) is 0 Å². The lowest BCUT2D eigenvalue weighted by molar-refractivity contribution is -0.133. The fraction of sp³-hybridized carbons (Fsp3) is 0.650. The molecule has 1 aromatic rings. The van der Waals surface area contributed by atoms with E-state index < -0.39 is 0 Å². The first-order chi connectivity index (χ1) is 12.3. The molecule has 1 aliphatic carbocycles. The van der Waals surface area contributed by atoms with Gasteiger partial charge in [-0.15, -0.1) is 0 Å². The van der Waals surface area contributed by atoms with Crippen LogP contribution in [-0.4, -0.2) is 66.6 Å². The van der Waals surface area contributed by atoms with Crippen molar-refractivity contribution in [3.8, 4) is 5.75 Å². The molecule has 0 radical (unpaired) electrons. The van der Waals surface area contributed by atoms with E-state index in [1.807, 2.05) is 30.3 Å². The summed E-state index contributed by atoms with van der Waals surface area (Å²) < 4.78 is 6.00. The van der Waals surface area contributed by atoms with Crippen LogP contribution in [0, 0.1) is 0 Å². The Morgan fingerprint density at radius 2 is 1.88 bits per heavy atom. The van der Waals surface area contributed by atoms with E-state index in [-0.39, 0.29) is 18.1 Å². The van der Waals surface area contributed by atoms with E-state index in [0.717, 1.165) is 57.4 Å². The predicted molar refractivity (Wildman–Crippen MR) is 97.7 cm³/mol. The Bertz CT molecular complexity index is 576. The van der Waals surface area contributed by atoms with Crippen LogP contribution in [0.25, 0.3) is 0 Å². The van der Waals surface area contributed by atoms with E-state index >= 15 is 0 Å². The fourth-order valence-corrected chi connectivity index (χ4v) is 4.17. The molecular weight excluding hydrogens is 314 g/mol. The molecule has 25 heavy (non-hydrogen) atoms. The molecule has 2 aliphatic heterocycles. The number of rotatable bonds is 4. The van der Waals surface area contributed by atoms with Crippen molar-refractivity contribution in [1.82, 2.24) is 15.1 Å². The number of carbonyl (C=O) groups excluding carboxylic acids is 1. The highest BCUT2D eigenvalue weighted by atomic mass is 16.5. The summed E-state index contributed by atoms with van der Waals surface area (Å²) in [6.45, 7) is 4.69. The first-order valence-corrected chi connectivity index (χ1v) is 9.77. The molecule has 1 saturated carbocycles. The molecule has 1 amide bonds. The van der Waals surface area contributed by atoms with Crippen molar-refractivity contribution >= 4 is 5.91 Å². The van der Waals surface area contributed by atoms with Crippen LogP contribution in [-0.2, 0) is 4.79 Å². The molecule has 0 bridgehead atoms. The van der Waals surface area contributed by atoms with Gasteiger partial charge in [-0.3, -0.25) is 9.69 Å². The van der Waals surface area contributed by atoms with Crippen molar-refractivity contribution in [2.24, 2.45) is 0 Å². The van der Waals surface area contributed by atoms with E-state index in [2.05, 4.69) is 15.1 Å². The number of benzene rings is 1. The maximum atomic E-state index is 12.9. The summed E-state index contributed by atoms with van der Waals surface area (Å²) >= 11 is 0. The minimum atomic E-state index is -0.0936. The maximum Gasteiger partial charge on any atom is 0.239 e. The number of hydrogen-bond acceptors (Lipinski definition) is 4. The first-order valence-electron chi connectivity index (χ1n) is 9.77. The zero-order valence-electron chi connectivity index (χ0n) is 14.9. The van der Waals surface area contributed by atoms with Crippen molar-refractivity contribution < 1.29 is 9.53 Å². The summed E-state index contributed by atoms with van der Waals surface area (Å²) in [5, 5.41) is 3.37. The fourth-order valence-electron chi connectivity index (χ4n) is 4.17. The minimum absolute atomic E-state index is 0.0785. The molecule has 2 saturated heterocycles. The van der Waals surface area contributed by atoms with E-state index in [0.29, 0.717) is 0 Å². The zero-order valence-corrected chi connectivity index (χ0v) is 14.9. The topological polar surface area (TPSA) is 44.8 Å². The van der Waals surface area contributed by atoms with Crippen molar-refractivity contribution in [2.75, 3.05) is 32.7 Å². The predicted octanol–water partition coefficient (Wildman–Crippen LogP) is 1.88. The first kappa shape index (κ1) is 16.9. The van der Waals surface area contributed by atoms with Gasteiger partial charge in [0.2, 0.25) is 5.91 Å². The molecular formula is C20H29N3O2. The van der Waals surface area contributed by atoms with Gasteiger partial charge in [-0.05, 0) is 31.4 Å². The van der Waals surface area contributed by atoms with Crippen molar-refractivity contribution in [1.29, 1.82) is 0 Å². The number of nitrogens with zero attached hydrogens (tertiary/aromatic N) is 2. The Balaban J connectivity index is 1.28. The van der Waals surface area contributed by atoms with E-state index in [4.69, 9.17) is 4.74 Å². The normalized spacial score (nSPS) is 28.4. The lowest BCUT2D eigenvalue weighted by Gasteiger charge is -2.36.